The predicted molar refractivity (Wildman–Crippen MR) is 109 cm³/mol. The molecule has 3 aromatic rings. The predicted octanol–water partition coefficient (Wildman–Crippen LogP) is 5.70. The zero-order valence-electron chi connectivity index (χ0n) is 16.6. The largest absolute Gasteiger partial charge is 0.573 e. The van der Waals surface area contributed by atoms with Crippen LogP contribution in [-0.4, -0.2) is 27.0 Å². The van der Waals surface area contributed by atoms with E-state index in [0.29, 0.717) is 28.7 Å². The lowest BCUT2D eigenvalue weighted by Gasteiger charge is -2.21. The molecule has 0 bridgehead atoms. The van der Waals surface area contributed by atoms with Crippen molar-refractivity contribution in [3.8, 4) is 22.8 Å². The van der Waals surface area contributed by atoms with E-state index in [4.69, 9.17) is 0 Å². The molecule has 0 aliphatic carbocycles. The van der Waals surface area contributed by atoms with E-state index >= 15 is 0 Å². The van der Waals surface area contributed by atoms with E-state index in [-0.39, 0.29) is 17.0 Å². The minimum Gasteiger partial charge on any atom is -0.508 e. The first-order chi connectivity index (χ1) is 14.0. The fourth-order valence-electron chi connectivity index (χ4n) is 2.63. The fraction of sp³-hybridized carbons (Fsp3) is 0.238. The molecule has 1 aromatic heterocycles. The Kier molecular flexibility index (Phi) is 5.73. The third kappa shape index (κ3) is 6.26. The Bertz CT molecular complexity index is 1030. The minimum absolute atomic E-state index is 0.0827. The number of phenolic OH excluding ortho intramolecular Hbond substituents is 1. The van der Waals surface area contributed by atoms with Gasteiger partial charge in [-0.2, -0.15) is 4.98 Å². The maximum Gasteiger partial charge on any atom is 0.573 e. The maximum atomic E-state index is 12.6. The number of hydrogen-bond donors (Lipinski definition) is 3. The molecule has 158 valence electrons. The Balaban J connectivity index is 2.01. The number of aromatic nitrogens is 2. The number of halogens is 3. The molecule has 0 unspecified atom stereocenters. The summed E-state index contributed by atoms with van der Waals surface area (Å²) in [7, 11) is 0. The van der Waals surface area contributed by atoms with Crippen molar-refractivity contribution in [1.82, 2.24) is 9.97 Å². The van der Waals surface area contributed by atoms with Crippen LogP contribution in [0.25, 0.3) is 11.3 Å². The zero-order valence-corrected chi connectivity index (χ0v) is 16.6. The number of hydrogen-bond acceptors (Lipinski definition) is 6. The smallest absolute Gasteiger partial charge is 0.508 e. The number of anilines is 3. The Morgan fingerprint density at radius 2 is 1.67 bits per heavy atom. The highest BCUT2D eigenvalue weighted by Gasteiger charge is 2.31. The van der Waals surface area contributed by atoms with Gasteiger partial charge in [-0.05, 0) is 45.0 Å². The van der Waals surface area contributed by atoms with Crippen LogP contribution in [0.4, 0.5) is 30.6 Å². The molecule has 0 saturated heterocycles. The van der Waals surface area contributed by atoms with Crippen molar-refractivity contribution in [2.75, 3.05) is 10.6 Å². The van der Waals surface area contributed by atoms with E-state index in [0.717, 1.165) is 0 Å². The summed E-state index contributed by atoms with van der Waals surface area (Å²) in [4.78, 5) is 8.86. The lowest BCUT2D eigenvalue weighted by atomic mass is 10.1. The van der Waals surface area contributed by atoms with Crippen LogP contribution < -0.4 is 15.4 Å². The first kappa shape index (κ1) is 21.2. The summed E-state index contributed by atoms with van der Waals surface area (Å²) in [5.74, 6) is 0.440. The molecular formula is C21H21F3N4O2. The summed E-state index contributed by atoms with van der Waals surface area (Å²) in [6, 6.07) is 13.6. The van der Waals surface area contributed by atoms with Gasteiger partial charge in [-0.3, -0.25) is 0 Å². The highest BCUT2D eigenvalue weighted by atomic mass is 19.4. The van der Waals surface area contributed by atoms with Crippen LogP contribution in [0.2, 0.25) is 0 Å². The molecule has 9 heteroatoms. The topological polar surface area (TPSA) is 79.3 Å². The van der Waals surface area contributed by atoms with Crippen LogP contribution in [0.3, 0.4) is 0 Å². The van der Waals surface area contributed by atoms with Crippen molar-refractivity contribution in [2.24, 2.45) is 0 Å². The average molecular weight is 418 g/mol. The van der Waals surface area contributed by atoms with Gasteiger partial charge in [-0.1, -0.05) is 18.2 Å². The Labute approximate surface area is 171 Å². The van der Waals surface area contributed by atoms with Crippen LogP contribution in [0, 0.1) is 0 Å². The summed E-state index contributed by atoms with van der Waals surface area (Å²) >= 11 is 0. The lowest BCUT2D eigenvalue weighted by Crippen LogP contribution is -2.27. The average Bonchev–Trinajstić information content (AvgIpc) is 2.59. The molecule has 0 atom stereocenters. The number of nitrogens with zero attached hydrogens (tertiary/aromatic N) is 2. The maximum absolute atomic E-state index is 12.6. The van der Waals surface area contributed by atoms with Gasteiger partial charge >= 0.3 is 6.36 Å². The molecule has 0 spiro atoms. The zero-order chi connectivity index (χ0) is 21.9. The van der Waals surface area contributed by atoms with E-state index < -0.39 is 6.36 Å². The number of phenols is 1. The van der Waals surface area contributed by atoms with Gasteiger partial charge < -0.3 is 20.5 Å². The molecule has 0 aliphatic heterocycles. The summed E-state index contributed by atoms with van der Waals surface area (Å²) in [5.41, 5.74) is 1.07. The Morgan fingerprint density at radius 1 is 0.933 bits per heavy atom. The Hall–Kier alpha value is -3.49. The van der Waals surface area contributed by atoms with Gasteiger partial charge in [0.05, 0.1) is 5.69 Å². The summed E-state index contributed by atoms with van der Waals surface area (Å²) in [6.45, 7) is 5.80. The van der Waals surface area contributed by atoms with E-state index in [1.54, 1.807) is 24.3 Å². The summed E-state index contributed by atoms with van der Waals surface area (Å²) < 4.78 is 41.7. The van der Waals surface area contributed by atoms with Crippen molar-refractivity contribution >= 4 is 17.5 Å². The molecule has 0 amide bonds. The van der Waals surface area contributed by atoms with Gasteiger partial charge in [-0.25, -0.2) is 4.98 Å². The van der Waals surface area contributed by atoms with Crippen molar-refractivity contribution in [3.63, 3.8) is 0 Å². The van der Waals surface area contributed by atoms with E-state index in [9.17, 15) is 18.3 Å². The second-order valence-corrected chi connectivity index (χ2v) is 7.59. The third-order valence-electron chi connectivity index (χ3n) is 3.69. The SMILES string of the molecule is CC(C)(C)Nc1nc(Nc2cccc(O)c2)cc(-c2cccc(OC(F)(F)F)c2)n1. The molecular weight excluding hydrogens is 397 g/mol. The third-order valence-corrected chi connectivity index (χ3v) is 3.69. The number of ether oxygens (including phenoxy) is 1. The van der Waals surface area contributed by atoms with Crippen molar-refractivity contribution in [1.29, 1.82) is 0 Å². The Morgan fingerprint density at radius 3 is 2.33 bits per heavy atom. The number of benzene rings is 2. The standard InChI is InChI=1S/C21H21F3N4O2/c1-20(2,3)28-19-26-17(13-6-4-9-16(10-13)30-21(22,23)24)12-18(27-19)25-14-7-5-8-15(29)11-14/h4-12,29H,1-3H3,(H2,25,26,27,28). The molecule has 0 radical (unpaired) electrons. The quantitative estimate of drug-likeness (QED) is 0.493. The number of alkyl halides is 3. The molecule has 3 N–H and O–H groups in total. The molecule has 0 fully saturated rings. The van der Waals surface area contributed by atoms with E-state index in [1.165, 1.54) is 30.3 Å². The molecule has 0 aliphatic rings. The fourth-order valence-corrected chi connectivity index (χ4v) is 2.63. The van der Waals surface area contributed by atoms with Crippen LogP contribution in [0.15, 0.2) is 54.6 Å². The van der Waals surface area contributed by atoms with Crippen LogP contribution in [-0.2, 0) is 0 Å². The van der Waals surface area contributed by atoms with Gasteiger partial charge in [0.1, 0.15) is 17.3 Å². The van der Waals surface area contributed by atoms with Gasteiger partial charge in [-0.15, -0.1) is 13.2 Å². The highest BCUT2D eigenvalue weighted by Crippen LogP contribution is 2.30. The van der Waals surface area contributed by atoms with Crippen molar-refractivity contribution < 1.29 is 23.0 Å². The minimum atomic E-state index is -4.79. The number of nitrogens with one attached hydrogen (secondary N) is 2. The van der Waals surface area contributed by atoms with E-state index in [1.807, 2.05) is 20.8 Å². The highest BCUT2D eigenvalue weighted by molar-refractivity contribution is 5.68. The molecule has 0 saturated carbocycles. The molecule has 3 rings (SSSR count). The number of aromatic hydroxyl groups is 1. The summed E-state index contributed by atoms with van der Waals surface area (Å²) in [5, 5.41) is 15.9. The second-order valence-electron chi connectivity index (χ2n) is 7.59. The van der Waals surface area contributed by atoms with E-state index in [2.05, 4.69) is 25.3 Å². The van der Waals surface area contributed by atoms with Crippen molar-refractivity contribution in [3.05, 3.63) is 54.6 Å². The first-order valence-corrected chi connectivity index (χ1v) is 9.06. The number of rotatable bonds is 5. The van der Waals surface area contributed by atoms with Crippen LogP contribution in [0.1, 0.15) is 20.8 Å². The van der Waals surface area contributed by atoms with Crippen LogP contribution >= 0.6 is 0 Å². The van der Waals surface area contributed by atoms with Gasteiger partial charge in [0, 0.05) is 28.9 Å². The monoisotopic (exact) mass is 418 g/mol. The molecule has 1 heterocycles. The normalized spacial score (nSPS) is 11.8. The van der Waals surface area contributed by atoms with Gasteiger partial charge in [0.25, 0.3) is 0 Å². The second kappa shape index (κ2) is 8.10. The molecule has 2 aromatic carbocycles. The lowest BCUT2D eigenvalue weighted by molar-refractivity contribution is -0.274. The van der Waals surface area contributed by atoms with Crippen LogP contribution in [0.5, 0.6) is 11.5 Å². The summed E-state index contributed by atoms with van der Waals surface area (Å²) in [6.07, 6.45) is -4.79. The van der Waals surface area contributed by atoms with Gasteiger partial charge in [0.15, 0.2) is 0 Å². The first-order valence-electron chi connectivity index (χ1n) is 9.06. The molecule has 6 nitrogen and oxygen atoms in total. The van der Waals surface area contributed by atoms with Gasteiger partial charge in [0.2, 0.25) is 5.95 Å². The van der Waals surface area contributed by atoms with Crippen molar-refractivity contribution in [2.45, 2.75) is 32.7 Å². The molecule has 30 heavy (non-hydrogen) atoms.